The van der Waals surface area contributed by atoms with Gasteiger partial charge in [0, 0.05) is 33.2 Å². The van der Waals surface area contributed by atoms with E-state index in [0.29, 0.717) is 5.82 Å². The summed E-state index contributed by atoms with van der Waals surface area (Å²) in [4.78, 5) is 10.4. The summed E-state index contributed by atoms with van der Waals surface area (Å²) >= 11 is 0. The van der Waals surface area contributed by atoms with Gasteiger partial charge in [0.15, 0.2) is 5.82 Å². The van der Waals surface area contributed by atoms with Crippen molar-refractivity contribution in [2.24, 2.45) is 0 Å². The maximum absolute atomic E-state index is 5.21. The van der Waals surface area contributed by atoms with Gasteiger partial charge in [-0.2, -0.15) is 0 Å². The van der Waals surface area contributed by atoms with Crippen LogP contribution in [0.25, 0.3) is 138 Å². The average Bonchev–Trinajstić information content (AvgIpc) is 3.78. The van der Waals surface area contributed by atoms with Crippen LogP contribution in [0, 0.1) is 0 Å². The monoisotopic (exact) mass is 901 g/mol. The number of fused-ring (bicyclic) bond motifs is 8. The van der Waals surface area contributed by atoms with Gasteiger partial charge in [0.05, 0.1) is 22.4 Å². The zero-order chi connectivity index (χ0) is 46.8. The smallest absolute Gasteiger partial charge is 0.160 e. The van der Waals surface area contributed by atoms with Crippen LogP contribution >= 0.6 is 0 Å². The van der Waals surface area contributed by atoms with Gasteiger partial charge in [0.1, 0.15) is 0 Å². The molecular formula is C68H43N3. The summed E-state index contributed by atoms with van der Waals surface area (Å²) in [7, 11) is 0. The number of aromatic nitrogens is 3. The number of hydrogen-bond acceptors (Lipinski definition) is 2. The van der Waals surface area contributed by atoms with E-state index in [1.54, 1.807) is 0 Å². The normalized spacial score (nSPS) is 11.7. The number of nitrogens with zero attached hydrogens (tertiary/aromatic N) is 3. The first kappa shape index (κ1) is 40.6. The van der Waals surface area contributed by atoms with Crippen LogP contribution in [0.2, 0.25) is 0 Å². The molecule has 0 atom stereocenters. The van der Waals surface area contributed by atoms with Gasteiger partial charge in [-0.1, -0.05) is 212 Å². The summed E-state index contributed by atoms with van der Waals surface area (Å²) in [6.45, 7) is 0. The van der Waals surface area contributed by atoms with Gasteiger partial charge in [0.25, 0.3) is 0 Å². The van der Waals surface area contributed by atoms with E-state index in [2.05, 4.69) is 247 Å². The molecule has 0 saturated heterocycles. The van der Waals surface area contributed by atoms with Crippen molar-refractivity contribution in [3.05, 3.63) is 261 Å². The van der Waals surface area contributed by atoms with Gasteiger partial charge >= 0.3 is 0 Å². The quantitative estimate of drug-likeness (QED) is 0.118. The predicted octanol–water partition coefficient (Wildman–Crippen LogP) is 18.2. The van der Waals surface area contributed by atoms with Crippen LogP contribution in [0.1, 0.15) is 0 Å². The second kappa shape index (κ2) is 16.7. The first-order chi connectivity index (χ1) is 35.2. The topological polar surface area (TPSA) is 30.7 Å². The molecule has 0 bridgehead atoms. The highest BCUT2D eigenvalue weighted by atomic mass is 15.0. The van der Waals surface area contributed by atoms with Crippen molar-refractivity contribution in [2.45, 2.75) is 0 Å². The molecule has 0 radical (unpaired) electrons. The Morgan fingerprint density at radius 1 is 0.254 bits per heavy atom. The van der Waals surface area contributed by atoms with Gasteiger partial charge in [-0.25, -0.2) is 9.97 Å². The molecule has 2 aromatic heterocycles. The summed E-state index contributed by atoms with van der Waals surface area (Å²) in [5, 5.41) is 12.4. The average molecular weight is 902 g/mol. The Hall–Kier alpha value is -9.44. The summed E-state index contributed by atoms with van der Waals surface area (Å²) < 4.78 is 2.35. The van der Waals surface area contributed by atoms with Crippen molar-refractivity contribution >= 4 is 64.9 Å². The highest BCUT2D eigenvalue weighted by Gasteiger charge is 2.20. The largest absolute Gasteiger partial charge is 0.309 e. The molecule has 0 aliphatic carbocycles. The van der Waals surface area contributed by atoms with E-state index in [1.807, 2.05) is 18.2 Å². The van der Waals surface area contributed by atoms with E-state index in [4.69, 9.17) is 9.97 Å². The van der Waals surface area contributed by atoms with Gasteiger partial charge in [-0.05, 0) is 125 Å². The van der Waals surface area contributed by atoms with E-state index in [-0.39, 0.29) is 0 Å². The second-order valence-electron chi connectivity index (χ2n) is 18.5. The van der Waals surface area contributed by atoms with Crippen LogP contribution < -0.4 is 0 Å². The molecule has 0 N–H and O–H groups in total. The fourth-order valence-corrected chi connectivity index (χ4v) is 11.0. The van der Waals surface area contributed by atoms with Crippen LogP contribution in [0.4, 0.5) is 0 Å². The van der Waals surface area contributed by atoms with Gasteiger partial charge in [-0.3, -0.25) is 0 Å². The van der Waals surface area contributed by atoms with Crippen molar-refractivity contribution in [1.29, 1.82) is 0 Å². The molecule has 0 amide bonds. The van der Waals surface area contributed by atoms with Crippen molar-refractivity contribution in [3.8, 4) is 73.0 Å². The van der Waals surface area contributed by atoms with Crippen LogP contribution in [0.3, 0.4) is 0 Å². The fraction of sp³-hybridized carbons (Fsp3) is 0. The van der Waals surface area contributed by atoms with E-state index in [1.165, 1.54) is 87.2 Å². The lowest BCUT2D eigenvalue weighted by atomic mass is 9.83. The molecule has 0 aliphatic heterocycles. The van der Waals surface area contributed by atoms with E-state index >= 15 is 0 Å². The lowest BCUT2D eigenvalue weighted by molar-refractivity contribution is 1.18. The summed E-state index contributed by atoms with van der Waals surface area (Å²) in [5.41, 5.74) is 15.6. The molecule has 2 heterocycles. The number of benzene rings is 12. The Bertz CT molecular complexity index is 4370. The van der Waals surface area contributed by atoms with E-state index in [0.717, 1.165) is 44.8 Å². The SMILES string of the molecule is c1ccc(-c2nc(-c3ccc(-c4ccc5cc(-c6c7ccccc7c(-c7ccccc7)c7ccc8ccccc8c67)ccc5c4)cc3)cc(-c3ccc4c(c3)c3ccccc3n4-c3ccccc3)n2)cc1. The maximum atomic E-state index is 5.21. The summed E-state index contributed by atoms with van der Waals surface area (Å²) in [6.07, 6.45) is 0. The van der Waals surface area contributed by atoms with Gasteiger partial charge in [-0.15, -0.1) is 0 Å². The molecule has 0 saturated carbocycles. The molecule has 330 valence electrons. The summed E-state index contributed by atoms with van der Waals surface area (Å²) in [5.74, 6) is 0.698. The minimum absolute atomic E-state index is 0.698. The molecule has 0 unspecified atom stereocenters. The van der Waals surface area contributed by atoms with Crippen molar-refractivity contribution in [1.82, 2.24) is 14.5 Å². The molecule has 0 aliphatic rings. The minimum atomic E-state index is 0.698. The predicted molar refractivity (Wildman–Crippen MR) is 299 cm³/mol. The Morgan fingerprint density at radius 3 is 1.52 bits per heavy atom. The molecule has 71 heavy (non-hydrogen) atoms. The van der Waals surface area contributed by atoms with Crippen LogP contribution in [-0.4, -0.2) is 14.5 Å². The molecule has 0 spiro atoms. The minimum Gasteiger partial charge on any atom is -0.309 e. The molecule has 14 rings (SSSR count). The highest BCUT2D eigenvalue weighted by molar-refractivity contribution is 6.28. The lowest BCUT2D eigenvalue weighted by Crippen LogP contribution is -1.96. The van der Waals surface area contributed by atoms with Gasteiger partial charge in [0.2, 0.25) is 0 Å². The summed E-state index contributed by atoms with van der Waals surface area (Å²) in [6, 6.07) is 94.2. The lowest BCUT2D eigenvalue weighted by Gasteiger charge is -2.19. The molecule has 3 heteroatoms. The van der Waals surface area contributed by atoms with Crippen LogP contribution in [0.15, 0.2) is 261 Å². The van der Waals surface area contributed by atoms with E-state index in [9.17, 15) is 0 Å². The molecule has 14 aromatic rings. The fourth-order valence-electron chi connectivity index (χ4n) is 11.0. The molecular weight excluding hydrogens is 859 g/mol. The van der Waals surface area contributed by atoms with E-state index < -0.39 is 0 Å². The van der Waals surface area contributed by atoms with Gasteiger partial charge < -0.3 is 4.57 Å². The Labute approximate surface area is 411 Å². The highest BCUT2D eigenvalue weighted by Crippen LogP contribution is 2.47. The van der Waals surface area contributed by atoms with Crippen molar-refractivity contribution in [3.63, 3.8) is 0 Å². The zero-order valence-electron chi connectivity index (χ0n) is 38.7. The van der Waals surface area contributed by atoms with Crippen molar-refractivity contribution in [2.75, 3.05) is 0 Å². The third kappa shape index (κ3) is 6.89. The number of hydrogen-bond donors (Lipinski definition) is 0. The standard InChI is InChI=1S/C68H43N3/c1-4-17-47(18-5-1)65-57-25-12-13-26-58(57)66(67-55-23-11-10-16-45(55)36-38-59(65)67)53-35-34-50-40-49(32-33-51(50)41-53)44-28-30-46(31-29-44)61-43-62(70-68(69-61)48-19-6-2-7-20-48)52-37-39-64-60(42-52)56-24-14-15-27-63(56)71(64)54-21-8-3-9-22-54/h1-43H. The Balaban J connectivity index is 0.843. The number of rotatable bonds is 7. The zero-order valence-corrected chi connectivity index (χ0v) is 38.7. The molecule has 3 nitrogen and oxygen atoms in total. The third-order valence-electron chi connectivity index (χ3n) is 14.4. The van der Waals surface area contributed by atoms with Crippen LogP contribution in [0.5, 0.6) is 0 Å². The number of para-hydroxylation sites is 2. The molecule has 0 fully saturated rings. The Morgan fingerprint density at radius 2 is 0.775 bits per heavy atom. The Kier molecular flexibility index (Phi) is 9.53. The second-order valence-corrected chi connectivity index (χ2v) is 18.5. The maximum Gasteiger partial charge on any atom is 0.160 e. The van der Waals surface area contributed by atoms with Crippen molar-refractivity contribution < 1.29 is 0 Å². The first-order valence-corrected chi connectivity index (χ1v) is 24.3. The first-order valence-electron chi connectivity index (χ1n) is 24.3. The third-order valence-corrected chi connectivity index (χ3v) is 14.4. The molecule has 12 aromatic carbocycles. The van der Waals surface area contributed by atoms with Crippen LogP contribution in [-0.2, 0) is 0 Å².